The normalized spacial score (nSPS) is 25.0. The monoisotopic (exact) mass is 478 g/mol. The van der Waals surface area contributed by atoms with Crippen molar-refractivity contribution in [3.63, 3.8) is 0 Å². The molecule has 2 fully saturated rings. The molecule has 2 aromatic carbocycles. The maximum atomic E-state index is 12.7. The Kier molecular flexibility index (Phi) is 6.72. The zero-order chi connectivity index (χ0) is 24.4. The van der Waals surface area contributed by atoms with Gasteiger partial charge < -0.3 is 25.2 Å². The molecule has 2 aromatic rings. The van der Waals surface area contributed by atoms with Crippen LogP contribution >= 0.6 is 0 Å². The molecule has 1 aliphatic heterocycles. The SMILES string of the molecule is O=C(CC1COCCC1NC(=O)OCC1c2ccccc2-c2ccccc21)NC1CC(C(=O)O)C1. The first-order valence-electron chi connectivity index (χ1n) is 12.2. The minimum Gasteiger partial charge on any atom is -0.481 e. The van der Waals surface area contributed by atoms with E-state index in [1.165, 1.54) is 11.1 Å². The van der Waals surface area contributed by atoms with Crippen molar-refractivity contribution < 1.29 is 29.0 Å². The van der Waals surface area contributed by atoms with Gasteiger partial charge in [0.05, 0.1) is 12.5 Å². The number of hydrogen-bond donors (Lipinski definition) is 3. The van der Waals surface area contributed by atoms with E-state index in [-0.39, 0.29) is 48.8 Å². The van der Waals surface area contributed by atoms with Crippen molar-refractivity contribution in [2.45, 2.75) is 43.7 Å². The Morgan fingerprint density at radius 1 is 0.971 bits per heavy atom. The van der Waals surface area contributed by atoms with Crippen LogP contribution in [0.4, 0.5) is 4.79 Å². The minimum absolute atomic E-state index is 0.0125. The Morgan fingerprint density at radius 2 is 1.63 bits per heavy atom. The first kappa shape index (κ1) is 23.4. The van der Waals surface area contributed by atoms with Gasteiger partial charge in [-0.2, -0.15) is 0 Å². The van der Waals surface area contributed by atoms with Gasteiger partial charge in [0.1, 0.15) is 6.61 Å². The number of benzene rings is 2. The van der Waals surface area contributed by atoms with Crippen LogP contribution in [0.1, 0.15) is 42.7 Å². The second-order valence-corrected chi connectivity index (χ2v) is 9.68. The summed E-state index contributed by atoms with van der Waals surface area (Å²) >= 11 is 0. The topological polar surface area (TPSA) is 114 Å². The molecule has 2 aliphatic carbocycles. The molecular formula is C27H30N2O6. The molecule has 2 atom stereocenters. The average molecular weight is 479 g/mol. The highest BCUT2D eigenvalue weighted by Crippen LogP contribution is 2.44. The van der Waals surface area contributed by atoms with E-state index in [0.29, 0.717) is 32.5 Å². The van der Waals surface area contributed by atoms with Crippen LogP contribution in [-0.2, 0) is 19.1 Å². The molecule has 5 rings (SSSR count). The molecule has 0 radical (unpaired) electrons. The van der Waals surface area contributed by atoms with Crippen molar-refractivity contribution in [1.82, 2.24) is 10.6 Å². The maximum absolute atomic E-state index is 12.7. The zero-order valence-electron chi connectivity index (χ0n) is 19.4. The van der Waals surface area contributed by atoms with Crippen LogP contribution in [0.25, 0.3) is 11.1 Å². The van der Waals surface area contributed by atoms with Gasteiger partial charge in [0, 0.05) is 36.9 Å². The Morgan fingerprint density at radius 3 is 2.29 bits per heavy atom. The molecule has 184 valence electrons. The highest BCUT2D eigenvalue weighted by molar-refractivity contribution is 5.79. The summed E-state index contributed by atoms with van der Waals surface area (Å²) in [6.45, 7) is 1.13. The average Bonchev–Trinajstić information content (AvgIpc) is 3.14. The second kappa shape index (κ2) is 10.1. The molecule has 2 unspecified atom stereocenters. The van der Waals surface area contributed by atoms with Gasteiger partial charge in [-0.05, 0) is 41.5 Å². The third-order valence-electron chi connectivity index (χ3n) is 7.42. The number of nitrogens with one attached hydrogen (secondary N) is 2. The molecule has 2 amide bonds. The molecule has 1 saturated carbocycles. The molecule has 1 saturated heterocycles. The number of alkyl carbamates (subject to hydrolysis) is 1. The summed E-state index contributed by atoms with van der Waals surface area (Å²) in [6, 6.07) is 16.1. The molecule has 3 aliphatic rings. The number of carboxylic acids is 1. The standard InChI is InChI=1S/C27H30N2O6/c30-25(28-18-11-16(12-18)26(31)32)13-17-14-34-10-9-24(17)29-27(33)35-15-23-21-7-3-1-5-19(21)20-6-2-4-8-22(20)23/h1-8,16-18,23-24H,9-15H2,(H,28,30)(H,29,33)(H,31,32). The number of amides is 2. The van der Waals surface area contributed by atoms with Crippen LogP contribution in [0.3, 0.4) is 0 Å². The summed E-state index contributed by atoms with van der Waals surface area (Å²) in [6.07, 6.45) is 1.25. The van der Waals surface area contributed by atoms with Crippen LogP contribution < -0.4 is 10.6 Å². The predicted octanol–water partition coefficient (Wildman–Crippen LogP) is 3.30. The Labute approximate surface area is 204 Å². The largest absolute Gasteiger partial charge is 0.481 e. The van der Waals surface area contributed by atoms with Gasteiger partial charge in [0.2, 0.25) is 5.91 Å². The summed E-state index contributed by atoms with van der Waals surface area (Å²) in [7, 11) is 0. The van der Waals surface area contributed by atoms with E-state index >= 15 is 0 Å². The van der Waals surface area contributed by atoms with Crippen molar-refractivity contribution in [1.29, 1.82) is 0 Å². The van der Waals surface area contributed by atoms with E-state index in [0.717, 1.165) is 11.1 Å². The van der Waals surface area contributed by atoms with Gasteiger partial charge in [-0.1, -0.05) is 48.5 Å². The number of hydrogen-bond acceptors (Lipinski definition) is 5. The summed E-state index contributed by atoms with van der Waals surface area (Å²) in [5, 5.41) is 14.8. The fraction of sp³-hybridized carbons (Fsp3) is 0.444. The van der Waals surface area contributed by atoms with Crippen molar-refractivity contribution in [3.8, 4) is 11.1 Å². The molecule has 0 spiro atoms. The van der Waals surface area contributed by atoms with Crippen molar-refractivity contribution in [3.05, 3.63) is 59.7 Å². The van der Waals surface area contributed by atoms with Crippen LogP contribution in [0.2, 0.25) is 0 Å². The Balaban J connectivity index is 1.14. The molecule has 3 N–H and O–H groups in total. The Hall–Kier alpha value is -3.39. The van der Waals surface area contributed by atoms with Gasteiger partial charge >= 0.3 is 12.1 Å². The molecule has 1 heterocycles. The summed E-state index contributed by atoms with van der Waals surface area (Å²) in [5.74, 6) is -1.51. The lowest BCUT2D eigenvalue weighted by Gasteiger charge is -2.35. The molecular weight excluding hydrogens is 448 g/mol. The molecule has 0 aromatic heterocycles. The molecule has 0 bridgehead atoms. The number of fused-ring (bicyclic) bond motifs is 3. The molecule has 35 heavy (non-hydrogen) atoms. The number of ether oxygens (including phenoxy) is 2. The lowest BCUT2D eigenvalue weighted by molar-refractivity contribution is -0.146. The highest BCUT2D eigenvalue weighted by Gasteiger charge is 2.37. The van der Waals surface area contributed by atoms with E-state index in [2.05, 4.69) is 34.9 Å². The Bertz CT molecular complexity index is 1070. The van der Waals surface area contributed by atoms with Gasteiger partial charge in [0.15, 0.2) is 0 Å². The van der Waals surface area contributed by atoms with Crippen molar-refractivity contribution in [2.24, 2.45) is 11.8 Å². The number of aliphatic carboxylic acids is 1. The van der Waals surface area contributed by atoms with Gasteiger partial charge in [-0.3, -0.25) is 9.59 Å². The lowest BCUT2D eigenvalue weighted by Crippen LogP contribution is -2.50. The van der Waals surface area contributed by atoms with Crippen LogP contribution in [0.5, 0.6) is 0 Å². The maximum Gasteiger partial charge on any atom is 0.407 e. The number of carboxylic acid groups (broad SMARTS) is 1. The third-order valence-corrected chi connectivity index (χ3v) is 7.42. The molecule has 8 heteroatoms. The number of carbonyl (C=O) groups excluding carboxylic acids is 2. The van der Waals surface area contributed by atoms with Crippen molar-refractivity contribution >= 4 is 18.0 Å². The van der Waals surface area contributed by atoms with Crippen molar-refractivity contribution in [2.75, 3.05) is 19.8 Å². The minimum atomic E-state index is -0.816. The number of rotatable bonds is 7. The van der Waals surface area contributed by atoms with E-state index in [9.17, 15) is 14.4 Å². The zero-order valence-corrected chi connectivity index (χ0v) is 19.4. The van der Waals surface area contributed by atoms with E-state index in [1.54, 1.807) is 0 Å². The second-order valence-electron chi connectivity index (χ2n) is 9.68. The van der Waals surface area contributed by atoms with Gasteiger partial charge in [0.25, 0.3) is 0 Å². The first-order chi connectivity index (χ1) is 17.0. The summed E-state index contributed by atoms with van der Waals surface area (Å²) in [5.41, 5.74) is 4.66. The fourth-order valence-electron chi connectivity index (χ4n) is 5.44. The summed E-state index contributed by atoms with van der Waals surface area (Å²) in [4.78, 5) is 36.2. The summed E-state index contributed by atoms with van der Waals surface area (Å²) < 4.78 is 11.2. The van der Waals surface area contributed by atoms with Gasteiger partial charge in [-0.15, -0.1) is 0 Å². The van der Waals surface area contributed by atoms with Crippen LogP contribution in [0, 0.1) is 11.8 Å². The van der Waals surface area contributed by atoms with Crippen LogP contribution in [-0.4, -0.2) is 55.0 Å². The third kappa shape index (κ3) is 5.03. The quantitative estimate of drug-likeness (QED) is 0.563. The van der Waals surface area contributed by atoms with E-state index < -0.39 is 12.1 Å². The lowest BCUT2D eigenvalue weighted by atomic mass is 9.80. The van der Waals surface area contributed by atoms with E-state index in [1.807, 2.05) is 24.3 Å². The first-order valence-corrected chi connectivity index (χ1v) is 12.2. The van der Waals surface area contributed by atoms with Crippen LogP contribution in [0.15, 0.2) is 48.5 Å². The smallest absolute Gasteiger partial charge is 0.407 e. The predicted molar refractivity (Wildman–Crippen MR) is 128 cm³/mol. The van der Waals surface area contributed by atoms with E-state index in [4.69, 9.17) is 14.6 Å². The fourth-order valence-corrected chi connectivity index (χ4v) is 5.44. The van der Waals surface area contributed by atoms with Gasteiger partial charge in [-0.25, -0.2) is 4.79 Å². The number of carbonyl (C=O) groups is 3. The molecule has 8 nitrogen and oxygen atoms in total. The highest BCUT2D eigenvalue weighted by atomic mass is 16.5.